The Morgan fingerprint density at radius 1 is 1.25 bits per heavy atom. The first-order valence-electron chi connectivity index (χ1n) is 3.03. The quantitative estimate of drug-likeness (QED) is 0.635. The van der Waals surface area contributed by atoms with Crippen LogP contribution in [0.25, 0.3) is 11.1 Å². The molecule has 0 aromatic carbocycles. The van der Waals surface area contributed by atoms with Gasteiger partial charge in [-0.1, -0.05) is 0 Å². The second kappa shape index (κ2) is 2.86. The number of nitrogens with two attached hydrogens (primary N) is 2. The van der Waals surface area contributed by atoms with E-state index in [2.05, 4.69) is 9.97 Å². The number of aromatic nitrogens is 2. The lowest BCUT2D eigenvalue weighted by Crippen LogP contribution is -1.98. The van der Waals surface area contributed by atoms with E-state index in [9.17, 15) is 0 Å². The molecule has 0 aliphatic rings. The Labute approximate surface area is 74.2 Å². The largest absolute Gasteiger partial charge is 0.459 e. The molecule has 0 fully saturated rings. The molecular formula is C6H7ClN4O. The molecule has 5 nitrogen and oxygen atoms in total. The molecule has 0 aliphatic carbocycles. The summed E-state index contributed by atoms with van der Waals surface area (Å²) >= 11 is 0. The molecule has 4 N–H and O–H groups in total. The van der Waals surface area contributed by atoms with Crippen molar-refractivity contribution < 1.29 is 4.42 Å². The lowest BCUT2D eigenvalue weighted by atomic mass is 10.4. The first-order chi connectivity index (χ1) is 5.27. The fourth-order valence-electron chi connectivity index (χ4n) is 0.905. The summed E-state index contributed by atoms with van der Waals surface area (Å²) in [5.41, 5.74) is 11.9. The first kappa shape index (κ1) is 8.61. The lowest BCUT2D eigenvalue weighted by molar-refractivity contribution is 0.615. The fraction of sp³-hybridized carbons (Fsp3) is 0. The number of rotatable bonds is 0. The van der Waals surface area contributed by atoms with Gasteiger partial charge in [0.2, 0.25) is 5.95 Å². The fourth-order valence-corrected chi connectivity index (χ4v) is 0.905. The van der Waals surface area contributed by atoms with Crippen LogP contribution >= 0.6 is 12.4 Å². The topological polar surface area (TPSA) is 91.0 Å². The molecule has 12 heavy (non-hydrogen) atoms. The van der Waals surface area contributed by atoms with E-state index in [4.69, 9.17) is 15.9 Å². The van der Waals surface area contributed by atoms with Gasteiger partial charge in [0.1, 0.15) is 5.52 Å². The summed E-state index contributed by atoms with van der Waals surface area (Å²) in [5, 5.41) is 0. The predicted octanol–water partition coefficient (Wildman–Crippen LogP) is 0.809. The third-order valence-electron chi connectivity index (χ3n) is 1.35. The van der Waals surface area contributed by atoms with Gasteiger partial charge < -0.3 is 15.9 Å². The molecule has 0 aliphatic heterocycles. The van der Waals surface area contributed by atoms with Crippen molar-refractivity contribution in [1.82, 2.24) is 9.97 Å². The number of hydrogen-bond acceptors (Lipinski definition) is 5. The number of hydrogen-bond donors (Lipinski definition) is 2. The van der Waals surface area contributed by atoms with Gasteiger partial charge in [0.25, 0.3) is 0 Å². The first-order valence-corrected chi connectivity index (χ1v) is 3.03. The Morgan fingerprint density at radius 3 is 2.75 bits per heavy atom. The van der Waals surface area contributed by atoms with Crippen molar-refractivity contribution in [3.05, 3.63) is 12.3 Å². The van der Waals surface area contributed by atoms with E-state index in [1.54, 1.807) is 6.07 Å². The zero-order valence-electron chi connectivity index (χ0n) is 6.02. The SMILES string of the molecule is Cl.Nc1nc(N)c2occc2n1. The van der Waals surface area contributed by atoms with Crippen molar-refractivity contribution in [3.8, 4) is 0 Å². The third-order valence-corrected chi connectivity index (χ3v) is 1.35. The second-order valence-electron chi connectivity index (χ2n) is 2.10. The minimum atomic E-state index is 0. The van der Waals surface area contributed by atoms with Gasteiger partial charge in [-0.2, -0.15) is 4.98 Å². The second-order valence-corrected chi connectivity index (χ2v) is 2.10. The Morgan fingerprint density at radius 2 is 2.00 bits per heavy atom. The molecule has 0 amide bonds. The number of nitrogens with zero attached hydrogens (tertiary/aromatic N) is 2. The van der Waals surface area contributed by atoms with E-state index < -0.39 is 0 Å². The normalized spacial score (nSPS) is 9.67. The average molecular weight is 187 g/mol. The van der Waals surface area contributed by atoms with Crippen LogP contribution in [0, 0.1) is 0 Å². The van der Waals surface area contributed by atoms with Crippen LogP contribution in [0.3, 0.4) is 0 Å². The maximum absolute atomic E-state index is 5.48. The highest BCUT2D eigenvalue weighted by Crippen LogP contribution is 2.18. The molecule has 0 radical (unpaired) electrons. The highest BCUT2D eigenvalue weighted by molar-refractivity contribution is 5.85. The van der Waals surface area contributed by atoms with E-state index in [0.29, 0.717) is 11.1 Å². The smallest absolute Gasteiger partial charge is 0.222 e. The van der Waals surface area contributed by atoms with Crippen LogP contribution in [0.5, 0.6) is 0 Å². The van der Waals surface area contributed by atoms with Gasteiger partial charge in [-0.05, 0) is 0 Å². The van der Waals surface area contributed by atoms with Gasteiger partial charge in [0, 0.05) is 6.07 Å². The molecule has 2 aromatic rings. The van der Waals surface area contributed by atoms with Crippen molar-refractivity contribution in [2.45, 2.75) is 0 Å². The standard InChI is InChI=1S/C6H6N4O.ClH/c7-5-4-3(1-2-11-4)9-6(8)10-5;/h1-2H,(H4,7,8,9,10);1H. The third kappa shape index (κ3) is 1.14. The highest BCUT2D eigenvalue weighted by atomic mass is 35.5. The van der Waals surface area contributed by atoms with E-state index in [1.807, 2.05) is 0 Å². The maximum atomic E-state index is 5.48. The highest BCUT2D eigenvalue weighted by Gasteiger charge is 2.04. The van der Waals surface area contributed by atoms with Crippen LogP contribution in [0.4, 0.5) is 11.8 Å². The van der Waals surface area contributed by atoms with Gasteiger partial charge in [0.05, 0.1) is 6.26 Å². The van der Waals surface area contributed by atoms with Crippen LogP contribution in [-0.2, 0) is 0 Å². The monoisotopic (exact) mass is 186 g/mol. The summed E-state index contributed by atoms with van der Waals surface area (Å²) in [6, 6.07) is 1.68. The molecule has 0 saturated carbocycles. The number of anilines is 2. The molecule has 0 saturated heterocycles. The van der Waals surface area contributed by atoms with E-state index in [-0.39, 0.29) is 24.2 Å². The van der Waals surface area contributed by atoms with Crippen molar-refractivity contribution >= 4 is 35.3 Å². The van der Waals surface area contributed by atoms with Crippen LogP contribution in [0.1, 0.15) is 0 Å². The molecule has 2 heterocycles. The Kier molecular flexibility index (Phi) is 2.05. The Bertz CT molecular complexity index is 399. The number of nitrogen functional groups attached to an aromatic ring is 2. The Balaban J connectivity index is 0.000000720. The van der Waals surface area contributed by atoms with Gasteiger partial charge in [-0.25, -0.2) is 4.98 Å². The summed E-state index contributed by atoms with van der Waals surface area (Å²) in [7, 11) is 0. The summed E-state index contributed by atoms with van der Waals surface area (Å²) in [5.74, 6) is 0.439. The zero-order chi connectivity index (χ0) is 7.84. The molecule has 6 heteroatoms. The molecule has 0 bridgehead atoms. The van der Waals surface area contributed by atoms with E-state index in [1.165, 1.54) is 6.26 Å². The van der Waals surface area contributed by atoms with Crippen LogP contribution in [0.2, 0.25) is 0 Å². The van der Waals surface area contributed by atoms with Gasteiger partial charge >= 0.3 is 0 Å². The average Bonchev–Trinajstić information content (AvgIpc) is 2.34. The van der Waals surface area contributed by atoms with E-state index >= 15 is 0 Å². The summed E-state index contributed by atoms with van der Waals surface area (Å²) in [4.78, 5) is 7.61. The van der Waals surface area contributed by atoms with Crippen LogP contribution in [-0.4, -0.2) is 9.97 Å². The molecule has 64 valence electrons. The van der Waals surface area contributed by atoms with Crippen molar-refractivity contribution in [2.24, 2.45) is 0 Å². The van der Waals surface area contributed by atoms with Crippen molar-refractivity contribution in [2.75, 3.05) is 11.5 Å². The van der Waals surface area contributed by atoms with Gasteiger partial charge in [0.15, 0.2) is 11.4 Å². The zero-order valence-corrected chi connectivity index (χ0v) is 6.84. The molecule has 0 spiro atoms. The lowest BCUT2D eigenvalue weighted by Gasteiger charge is -1.94. The van der Waals surface area contributed by atoms with Crippen molar-refractivity contribution in [3.63, 3.8) is 0 Å². The maximum Gasteiger partial charge on any atom is 0.222 e. The van der Waals surface area contributed by atoms with Crippen molar-refractivity contribution in [1.29, 1.82) is 0 Å². The van der Waals surface area contributed by atoms with E-state index in [0.717, 1.165) is 0 Å². The van der Waals surface area contributed by atoms with Crippen LogP contribution < -0.4 is 11.5 Å². The molecule has 0 atom stereocenters. The number of fused-ring (bicyclic) bond motifs is 1. The molecule has 2 aromatic heterocycles. The molecule has 2 rings (SSSR count). The summed E-state index contributed by atoms with van der Waals surface area (Å²) in [6.07, 6.45) is 1.50. The van der Waals surface area contributed by atoms with Crippen LogP contribution in [0.15, 0.2) is 16.7 Å². The number of halogens is 1. The minimum absolute atomic E-state index is 0. The minimum Gasteiger partial charge on any atom is -0.459 e. The molecular weight excluding hydrogens is 180 g/mol. The van der Waals surface area contributed by atoms with Gasteiger partial charge in [-0.15, -0.1) is 12.4 Å². The van der Waals surface area contributed by atoms with Gasteiger partial charge in [-0.3, -0.25) is 0 Å². The summed E-state index contributed by atoms with van der Waals surface area (Å²) in [6.45, 7) is 0. The molecule has 0 unspecified atom stereocenters. The number of furan rings is 1. The predicted molar refractivity (Wildman–Crippen MR) is 47.9 cm³/mol. The Hall–Kier alpha value is -1.49. The summed E-state index contributed by atoms with van der Waals surface area (Å²) < 4.78 is 5.00.